The molecule has 0 radical (unpaired) electrons. The van der Waals surface area contributed by atoms with Crippen LogP contribution in [0.25, 0.3) is 108 Å². The molecule has 0 saturated carbocycles. The summed E-state index contributed by atoms with van der Waals surface area (Å²) in [5.41, 5.74) is 11.4. The van der Waals surface area contributed by atoms with Gasteiger partial charge in [0.1, 0.15) is 0 Å². The quantitative estimate of drug-likeness (QED) is 0.170. The molecule has 0 amide bonds. The van der Waals surface area contributed by atoms with Gasteiger partial charge in [-0.15, -0.1) is 22.7 Å². The van der Waals surface area contributed by atoms with Gasteiger partial charge in [0, 0.05) is 68.8 Å². The topological polar surface area (TPSA) is 38.7 Å². The lowest BCUT2D eigenvalue weighted by molar-refractivity contribution is 1.18. The molecule has 0 unspecified atom stereocenters. The van der Waals surface area contributed by atoms with Gasteiger partial charge in [0.05, 0.1) is 17.1 Å². The molecule has 4 aromatic heterocycles. The fourth-order valence-corrected chi connectivity index (χ4v) is 10.3. The van der Waals surface area contributed by atoms with Crippen molar-refractivity contribution in [3.63, 3.8) is 0 Å². The Morgan fingerprint density at radius 1 is 0.321 bits per heavy atom. The summed E-state index contributed by atoms with van der Waals surface area (Å²) in [4.78, 5) is 15.3. The van der Waals surface area contributed by atoms with E-state index < -0.39 is 0 Å². The lowest BCUT2D eigenvalue weighted by Crippen LogP contribution is -1.97. The Balaban J connectivity index is 1.17. The highest BCUT2D eigenvalue weighted by molar-refractivity contribution is 7.26. The zero-order valence-electron chi connectivity index (χ0n) is 30.1. The Labute approximate surface area is 331 Å². The molecule has 262 valence electrons. The summed E-state index contributed by atoms with van der Waals surface area (Å²) < 4.78 is 5.14. The monoisotopic (exact) mass is 749 g/mol. The highest BCUT2D eigenvalue weighted by Gasteiger charge is 2.18. The second-order valence-electron chi connectivity index (χ2n) is 14.0. The van der Waals surface area contributed by atoms with Crippen molar-refractivity contribution >= 4 is 63.0 Å². The molecule has 0 saturated heterocycles. The largest absolute Gasteiger partial charge is 0.256 e. The Morgan fingerprint density at radius 3 is 1.43 bits per heavy atom. The standard InChI is InChI=1S/C51H31N3S2/c1-2-13-32(14-3-1)45-31-46(34-16-10-15-33(27-34)44-23-8-9-26-52-44)54-51(53-45)37-29-35(38-19-11-21-42-40-17-4-6-24-47(40)55-49(38)42)28-36(30-37)39-20-12-22-43-41-18-5-7-25-48(41)56-50(39)43/h1-31H. The van der Waals surface area contributed by atoms with Crippen LogP contribution in [0.2, 0.25) is 0 Å². The summed E-state index contributed by atoms with van der Waals surface area (Å²) in [7, 11) is 0. The molecule has 4 heterocycles. The van der Waals surface area contributed by atoms with Crippen molar-refractivity contribution in [2.75, 3.05) is 0 Å². The lowest BCUT2D eigenvalue weighted by atomic mass is 9.94. The average Bonchev–Trinajstić information content (AvgIpc) is 3.86. The molecule has 5 heteroatoms. The molecule has 0 fully saturated rings. The number of hydrogen-bond donors (Lipinski definition) is 0. The fourth-order valence-electron chi connectivity index (χ4n) is 7.87. The fraction of sp³-hybridized carbons (Fsp3) is 0. The molecule has 0 bridgehead atoms. The lowest BCUT2D eigenvalue weighted by Gasteiger charge is -2.14. The SMILES string of the molecule is c1ccc(-c2cc(-c3cccc(-c4ccccn4)c3)nc(-c3cc(-c4cccc5c4sc4ccccc45)cc(-c4cccc5c4sc4ccccc45)c3)n2)cc1. The third kappa shape index (κ3) is 5.68. The third-order valence-electron chi connectivity index (χ3n) is 10.5. The van der Waals surface area contributed by atoms with Crippen LogP contribution < -0.4 is 0 Å². The van der Waals surface area contributed by atoms with Crippen molar-refractivity contribution < 1.29 is 0 Å². The number of hydrogen-bond acceptors (Lipinski definition) is 5. The van der Waals surface area contributed by atoms with Gasteiger partial charge in [-0.3, -0.25) is 4.98 Å². The normalized spacial score (nSPS) is 11.6. The van der Waals surface area contributed by atoms with Gasteiger partial charge in [-0.05, 0) is 76.9 Å². The van der Waals surface area contributed by atoms with E-state index in [-0.39, 0.29) is 0 Å². The summed E-state index contributed by atoms with van der Waals surface area (Å²) in [6, 6.07) is 64.8. The molecule has 0 spiro atoms. The Morgan fingerprint density at radius 2 is 0.804 bits per heavy atom. The van der Waals surface area contributed by atoms with Gasteiger partial charge >= 0.3 is 0 Å². The first kappa shape index (κ1) is 32.6. The van der Waals surface area contributed by atoms with Crippen molar-refractivity contribution in [1.29, 1.82) is 0 Å². The predicted octanol–water partition coefficient (Wildman–Crippen LogP) is 14.6. The van der Waals surface area contributed by atoms with Gasteiger partial charge in [-0.2, -0.15) is 0 Å². The van der Waals surface area contributed by atoms with E-state index in [1.165, 1.54) is 51.5 Å². The number of benzene rings is 7. The molecule has 11 rings (SSSR count). The summed E-state index contributed by atoms with van der Waals surface area (Å²) >= 11 is 3.71. The highest BCUT2D eigenvalue weighted by Crippen LogP contribution is 2.45. The van der Waals surface area contributed by atoms with E-state index in [1.54, 1.807) is 0 Å². The van der Waals surface area contributed by atoms with Gasteiger partial charge < -0.3 is 0 Å². The summed E-state index contributed by atoms with van der Waals surface area (Å²) in [6.07, 6.45) is 1.83. The van der Waals surface area contributed by atoms with Crippen LogP contribution in [-0.2, 0) is 0 Å². The number of nitrogens with zero attached hydrogens (tertiary/aromatic N) is 3. The third-order valence-corrected chi connectivity index (χ3v) is 13.0. The number of thiophene rings is 2. The number of aromatic nitrogens is 3. The molecule has 56 heavy (non-hydrogen) atoms. The Hall–Kier alpha value is -6.79. The minimum atomic E-state index is 0.680. The van der Waals surface area contributed by atoms with Gasteiger partial charge in [0.2, 0.25) is 0 Å². The van der Waals surface area contributed by atoms with Crippen LogP contribution in [-0.4, -0.2) is 15.0 Å². The van der Waals surface area contributed by atoms with Crippen LogP contribution in [0.3, 0.4) is 0 Å². The van der Waals surface area contributed by atoms with E-state index in [1.807, 2.05) is 53.1 Å². The zero-order valence-corrected chi connectivity index (χ0v) is 31.7. The van der Waals surface area contributed by atoms with Crippen LogP contribution in [0.5, 0.6) is 0 Å². The van der Waals surface area contributed by atoms with Gasteiger partial charge in [0.15, 0.2) is 5.82 Å². The number of fused-ring (bicyclic) bond motifs is 6. The van der Waals surface area contributed by atoms with Crippen molar-refractivity contribution in [3.8, 4) is 67.4 Å². The van der Waals surface area contributed by atoms with E-state index in [0.717, 1.165) is 50.5 Å². The Bertz CT molecular complexity index is 3120. The smallest absolute Gasteiger partial charge is 0.160 e. The van der Waals surface area contributed by atoms with E-state index in [9.17, 15) is 0 Å². The van der Waals surface area contributed by atoms with Crippen LogP contribution >= 0.6 is 22.7 Å². The Kier molecular flexibility index (Phi) is 7.87. The summed E-state index contributed by atoms with van der Waals surface area (Å²) in [5, 5.41) is 5.13. The first-order valence-electron chi connectivity index (χ1n) is 18.7. The van der Waals surface area contributed by atoms with Crippen LogP contribution in [0, 0.1) is 0 Å². The molecule has 7 aromatic carbocycles. The van der Waals surface area contributed by atoms with E-state index >= 15 is 0 Å². The minimum absolute atomic E-state index is 0.680. The molecule has 0 aliphatic carbocycles. The van der Waals surface area contributed by atoms with Gasteiger partial charge in [0.25, 0.3) is 0 Å². The number of pyridine rings is 1. The summed E-state index contributed by atoms with van der Waals surface area (Å²) in [5.74, 6) is 0.680. The average molecular weight is 750 g/mol. The van der Waals surface area contributed by atoms with Crippen LogP contribution in [0.1, 0.15) is 0 Å². The molecule has 11 aromatic rings. The van der Waals surface area contributed by atoms with E-state index in [4.69, 9.17) is 9.97 Å². The molecule has 0 atom stereocenters. The van der Waals surface area contributed by atoms with E-state index in [0.29, 0.717) is 5.82 Å². The number of rotatable bonds is 6. The van der Waals surface area contributed by atoms with Crippen molar-refractivity contribution in [2.24, 2.45) is 0 Å². The molecule has 0 aliphatic heterocycles. The molecule has 0 N–H and O–H groups in total. The van der Waals surface area contributed by atoms with Crippen molar-refractivity contribution in [2.45, 2.75) is 0 Å². The maximum absolute atomic E-state index is 5.37. The predicted molar refractivity (Wildman–Crippen MR) is 238 cm³/mol. The zero-order chi connectivity index (χ0) is 37.0. The van der Waals surface area contributed by atoms with Crippen molar-refractivity contribution in [1.82, 2.24) is 15.0 Å². The first-order chi connectivity index (χ1) is 27.7. The second kappa shape index (κ2) is 13.5. The summed E-state index contributed by atoms with van der Waals surface area (Å²) in [6.45, 7) is 0. The van der Waals surface area contributed by atoms with Gasteiger partial charge in [-0.1, -0.05) is 127 Å². The van der Waals surface area contributed by atoms with Gasteiger partial charge in [-0.25, -0.2) is 9.97 Å². The van der Waals surface area contributed by atoms with Crippen LogP contribution in [0.15, 0.2) is 188 Å². The van der Waals surface area contributed by atoms with Crippen molar-refractivity contribution in [3.05, 3.63) is 188 Å². The molecular formula is C51H31N3S2. The first-order valence-corrected chi connectivity index (χ1v) is 20.3. The second-order valence-corrected chi connectivity index (χ2v) is 16.1. The molecular weight excluding hydrogens is 719 g/mol. The van der Waals surface area contributed by atoms with E-state index in [2.05, 4.69) is 163 Å². The maximum atomic E-state index is 5.37. The molecule has 3 nitrogen and oxygen atoms in total. The van der Waals surface area contributed by atoms with Crippen LogP contribution in [0.4, 0.5) is 0 Å². The minimum Gasteiger partial charge on any atom is -0.256 e. The molecule has 0 aliphatic rings. The maximum Gasteiger partial charge on any atom is 0.160 e. The highest BCUT2D eigenvalue weighted by atomic mass is 32.1.